The number of hydrogen-bond donors (Lipinski definition) is 0. The molecule has 0 fully saturated rings. The Morgan fingerprint density at radius 2 is 1.88 bits per heavy atom. The summed E-state index contributed by atoms with van der Waals surface area (Å²) < 4.78 is 5.27. The van der Waals surface area contributed by atoms with Crippen molar-refractivity contribution in [2.75, 3.05) is 12.4 Å². The summed E-state index contributed by atoms with van der Waals surface area (Å²) in [6, 6.07) is 0. The van der Waals surface area contributed by atoms with E-state index in [4.69, 9.17) is 17.4 Å². The van der Waals surface area contributed by atoms with Crippen LogP contribution >= 0.6 is 12.6 Å². The third kappa shape index (κ3) is 6.31. The van der Waals surface area contributed by atoms with E-state index in [-0.39, 0.29) is 5.60 Å². The van der Waals surface area contributed by atoms with E-state index in [9.17, 15) is 0 Å². The van der Waals surface area contributed by atoms with Gasteiger partial charge in [-0.1, -0.05) is 12.6 Å². The lowest BCUT2D eigenvalue weighted by atomic mass is 10.2. The van der Waals surface area contributed by atoms with Crippen LogP contribution in [0, 0.1) is 0 Å². The molecule has 1 nitrogen and oxygen atoms in total. The summed E-state index contributed by atoms with van der Waals surface area (Å²) in [6.45, 7) is 6.77. The van der Waals surface area contributed by atoms with Crippen LogP contribution in [0.2, 0.25) is 0 Å². The molecule has 0 aromatic heterocycles. The first kappa shape index (κ1) is 8.31. The van der Waals surface area contributed by atoms with Crippen molar-refractivity contribution in [1.29, 1.82) is 0 Å². The van der Waals surface area contributed by atoms with Crippen molar-refractivity contribution in [2.24, 2.45) is 0 Å². The molecule has 0 amide bonds. The molecule has 49 valence electrons. The van der Waals surface area contributed by atoms with Gasteiger partial charge < -0.3 is 4.74 Å². The van der Waals surface area contributed by atoms with Crippen molar-refractivity contribution in [3.05, 3.63) is 0 Å². The van der Waals surface area contributed by atoms with Gasteiger partial charge in [-0.2, -0.15) is 0 Å². The average molecular weight is 133 g/mol. The molecule has 0 rings (SSSR count). The molecule has 0 aliphatic carbocycles. The van der Waals surface area contributed by atoms with Crippen molar-refractivity contribution in [1.82, 2.24) is 0 Å². The second-order valence-corrected chi connectivity index (χ2v) is 3.07. The fraction of sp³-hybridized carbons (Fsp3) is 1.00. The molecule has 0 aliphatic rings. The molecule has 0 atom stereocenters. The molecule has 0 heterocycles. The highest BCUT2D eigenvalue weighted by molar-refractivity contribution is 7.80. The molecule has 0 spiro atoms. The van der Waals surface area contributed by atoms with E-state index in [1.165, 1.54) is 0 Å². The van der Waals surface area contributed by atoms with E-state index in [1.807, 2.05) is 20.8 Å². The average Bonchev–Trinajstić information content (AvgIpc) is 1.59. The molecule has 0 aromatic carbocycles. The Hall–Kier alpha value is 0.310. The predicted octanol–water partition coefficient (Wildman–Crippen LogP) is 2.00. The Kier molecular flexibility index (Phi) is 3.49. The minimum Gasteiger partial charge on any atom is -0.375 e. The van der Waals surface area contributed by atoms with Gasteiger partial charge >= 0.3 is 0 Å². The zero-order valence-corrected chi connectivity index (χ0v) is 6.55. The van der Waals surface area contributed by atoms with Crippen LogP contribution in [0.5, 0.6) is 0 Å². The quantitative estimate of drug-likeness (QED) is 0.560. The molecule has 0 N–H and O–H groups in total. The SMILES string of the molecule is CC(C)(C)OCC[S]. The zero-order valence-electron chi connectivity index (χ0n) is 5.73. The Morgan fingerprint density at radius 3 is 2.00 bits per heavy atom. The van der Waals surface area contributed by atoms with Gasteiger partial charge in [0.2, 0.25) is 0 Å². The third-order valence-electron chi connectivity index (χ3n) is 0.618. The van der Waals surface area contributed by atoms with Crippen LogP contribution in [0.25, 0.3) is 0 Å². The summed E-state index contributed by atoms with van der Waals surface area (Å²) in [7, 11) is 0. The standard InChI is InChI=1S/C6H13OS/c1-6(2,3)7-4-5-8/h4-5H2,1-3H3. The summed E-state index contributed by atoms with van der Waals surface area (Å²) in [6.07, 6.45) is 0. The molecular formula is C6H13OS. The summed E-state index contributed by atoms with van der Waals surface area (Å²) in [4.78, 5) is 0. The lowest BCUT2D eigenvalue weighted by molar-refractivity contribution is 0.00706. The molecule has 1 radical (unpaired) electrons. The van der Waals surface area contributed by atoms with Gasteiger partial charge in [-0.25, -0.2) is 0 Å². The van der Waals surface area contributed by atoms with Gasteiger partial charge in [-0.3, -0.25) is 0 Å². The molecule has 0 saturated heterocycles. The minimum atomic E-state index is -0.0151. The highest BCUT2D eigenvalue weighted by Crippen LogP contribution is 2.05. The first-order valence-electron chi connectivity index (χ1n) is 2.78. The summed E-state index contributed by atoms with van der Waals surface area (Å²) >= 11 is 4.70. The molecule has 0 bridgehead atoms. The Morgan fingerprint density at radius 1 is 1.38 bits per heavy atom. The topological polar surface area (TPSA) is 9.23 Å². The minimum absolute atomic E-state index is 0.0151. The van der Waals surface area contributed by atoms with E-state index in [0.717, 1.165) is 0 Å². The Bertz CT molecular complexity index is 56.0. The molecular weight excluding hydrogens is 120 g/mol. The second-order valence-electron chi connectivity index (χ2n) is 2.66. The van der Waals surface area contributed by atoms with Crippen LogP contribution in [0.3, 0.4) is 0 Å². The van der Waals surface area contributed by atoms with Crippen LogP contribution < -0.4 is 0 Å². The van der Waals surface area contributed by atoms with Crippen LogP contribution in [0.15, 0.2) is 0 Å². The van der Waals surface area contributed by atoms with Gasteiger partial charge in [0.15, 0.2) is 0 Å². The van der Waals surface area contributed by atoms with E-state index in [2.05, 4.69) is 0 Å². The zero-order chi connectivity index (χ0) is 6.62. The third-order valence-corrected chi connectivity index (χ3v) is 0.785. The van der Waals surface area contributed by atoms with Crippen molar-refractivity contribution in [3.63, 3.8) is 0 Å². The van der Waals surface area contributed by atoms with Gasteiger partial charge in [-0.15, -0.1) is 0 Å². The largest absolute Gasteiger partial charge is 0.375 e. The van der Waals surface area contributed by atoms with Crippen molar-refractivity contribution in [3.8, 4) is 0 Å². The maximum absolute atomic E-state index is 5.27. The Labute approximate surface area is 56.8 Å². The number of hydrogen-bond acceptors (Lipinski definition) is 1. The summed E-state index contributed by atoms with van der Waals surface area (Å²) in [5, 5.41) is 0. The Balaban J connectivity index is 3.11. The fourth-order valence-electron chi connectivity index (χ4n) is 0.348. The number of ether oxygens (including phenoxy) is 1. The van der Waals surface area contributed by atoms with Crippen molar-refractivity contribution < 1.29 is 4.74 Å². The van der Waals surface area contributed by atoms with Crippen molar-refractivity contribution >= 4 is 12.6 Å². The normalized spacial score (nSPS) is 12.0. The smallest absolute Gasteiger partial charge is 0.0598 e. The van der Waals surface area contributed by atoms with Crippen LogP contribution in [-0.2, 0) is 4.74 Å². The van der Waals surface area contributed by atoms with Crippen LogP contribution in [-0.4, -0.2) is 18.0 Å². The number of rotatable bonds is 2. The first-order chi connectivity index (χ1) is 3.56. The van der Waals surface area contributed by atoms with E-state index < -0.39 is 0 Å². The van der Waals surface area contributed by atoms with Crippen molar-refractivity contribution in [2.45, 2.75) is 26.4 Å². The van der Waals surface area contributed by atoms with Gasteiger partial charge in [0, 0.05) is 5.75 Å². The second kappa shape index (κ2) is 3.36. The van der Waals surface area contributed by atoms with Gasteiger partial charge in [0.1, 0.15) is 0 Å². The van der Waals surface area contributed by atoms with Gasteiger partial charge in [0.05, 0.1) is 12.2 Å². The lowest BCUT2D eigenvalue weighted by Crippen LogP contribution is -2.20. The van der Waals surface area contributed by atoms with Gasteiger partial charge in [0.25, 0.3) is 0 Å². The predicted molar refractivity (Wildman–Crippen MR) is 38.2 cm³/mol. The lowest BCUT2D eigenvalue weighted by Gasteiger charge is -2.18. The maximum atomic E-state index is 5.27. The van der Waals surface area contributed by atoms with E-state index >= 15 is 0 Å². The monoisotopic (exact) mass is 133 g/mol. The highest BCUT2D eigenvalue weighted by atomic mass is 32.1. The molecule has 0 aromatic rings. The summed E-state index contributed by atoms with van der Waals surface area (Å²) in [5.41, 5.74) is -0.0151. The van der Waals surface area contributed by atoms with Crippen LogP contribution in [0.1, 0.15) is 20.8 Å². The highest BCUT2D eigenvalue weighted by Gasteiger charge is 2.07. The molecule has 8 heavy (non-hydrogen) atoms. The maximum Gasteiger partial charge on any atom is 0.0598 e. The van der Waals surface area contributed by atoms with E-state index in [0.29, 0.717) is 12.4 Å². The van der Waals surface area contributed by atoms with Gasteiger partial charge in [-0.05, 0) is 20.8 Å². The molecule has 0 saturated carbocycles. The molecule has 0 aliphatic heterocycles. The molecule has 2 heteroatoms. The molecule has 0 unspecified atom stereocenters. The van der Waals surface area contributed by atoms with Crippen LogP contribution in [0.4, 0.5) is 0 Å². The fourth-order valence-corrected chi connectivity index (χ4v) is 0.431. The first-order valence-corrected chi connectivity index (χ1v) is 3.36. The van der Waals surface area contributed by atoms with E-state index in [1.54, 1.807) is 0 Å². The summed E-state index contributed by atoms with van der Waals surface area (Å²) in [5.74, 6) is 0.692.